The molecule has 0 aromatic heterocycles. The summed E-state index contributed by atoms with van der Waals surface area (Å²) in [5.41, 5.74) is 16.7. The summed E-state index contributed by atoms with van der Waals surface area (Å²) in [6.07, 6.45) is 0. The second-order valence-corrected chi connectivity index (χ2v) is 19.5. The van der Waals surface area contributed by atoms with E-state index in [1.54, 1.807) is 55.7 Å². The normalized spacial score (nSPS) is 21.3. The first-order valence-electron chi connectivity index (χ1n) is 12.4. The topological polar surface area (TPSA) is 0 Å². The third-order valence-electron chi connectivity index (χ3n) is 8.55. The van der Waals surface area contributed by atoms with Gasteiger partial charge in [0.15, 0.2) is 0 Å². The molecule has 0 fully saturated rings. The van der Waals surface area contributed by atoms with Crippen LogP contribution in [0.2, 0.25) is 13.1 Å². The van der Waals surface area contributed by atoms with Gasteiger partial charge in [-0.15, -0.1) is 0 Å². The fourth-order valence-corrected chi connectivity index (χ4v) is 17.6. The number of hydrogen-bond donors (Lipinski definition) is 0. The van der Waals surface area contributed by atoms with E-state index >= 15 is 0 Å². The number of aryl methyl sites for hydroxylation is 2. The zero-order valence-corrected chi connectivity index (χ0v) is 27.3. The van der Waals surface area contributed by atoms with Crippen molar-refractivity contribution in [2.75, 3.05) is 0 Å². The van der Waals surface area contributed by atoms with Gasteiger partial charge in [-0.3, -0.25) is 0 Å². The predicted octanol–water partition coefficient (Wildman–Crippen LogP) is 2.80. The molecule has 5 rings (SSSR count). The first kappa shape index (κ1) is 28.2. The SMILES string of the molecule is CC1=C2c3c(C(C)C)ccc(C)c3[CH]1[Zr+2][CH]1C(C)=C(c3c(C(C)C)ccc(C)c31)[Si]2(C)C.[Cl-].[Cl-]. The monoisotopic (exact) mass is 586 g/mol. The molecule has 34 heavy (non-hydrogen) atoms. The van der Waals surface area contributed by atoms with E-state index in [1.807, 2.05) is 10.4 Å². The smallest absolute Gasteiger partial charge is 1.00 e. The summed E-state index contributed by atoms with van der Waals surface area (Å²) >= 11 is -0.785. The van der Waals surface area contributed by atoms with Crippen LogP contribution >= 0.6 is 0 Å². The molecule has 0 saturated heterocycles. The zero-order chi connectivity index (χ0) is 23.3. The van der Waals surface area contributed by atoms with Crippen LogP contribution in [0.3, 0.4) is 0 Å². The molecule has 3 aliphatic rings. The molecular weight excluding hydrogens is 551 g/mol. The quantitative estimate of drug-likeness (QED) is 0.474. The Kier molecular flexibility index (Phi) is 7.86. The maximum absolute atomic E-state index is 2.68. The van der Waals surface area contributed by atoms with Crippen molar-refractivity contribution in [3.63, 3.8) is 0 Å². The van der Waals surface area contributed by atoms with Crippen LogP contribution in [0.25, 0.3) is 10.4 Å². The standard InChI is InChI=1S/C30H38Si.2ClH.Zr/c1-17(2)23-13-11-19(5)25-15-21(7)29(27(23)25)31(9,10)30-22(8)16-26-20(6)12-14-24(18(3)4)28(26)30;;;/h11-18H,1-10H3;2*1H;/q;;;+2/p-2. The molecule has 0 radical (unpaired) electrons. The Balaban J connectivity index is 0.00000162. The molecule has 0 nitrogen and oxygen atoms in total. The Morgan fingerprint density at radius 2 is 1.00 bits per heavy atom. The van der Waals surface area contributed by atoms with Crippen LogP contribution in [0, 0.1) is 13.8 Å². The average molecular weight is 589 g/mol. The molecule has 2 aromatic carbocycles. The van der Waals surface area contributed by atoms with Gasteiger partial charge in [0.1, 0.15) is 0 Å². The van der Waals surface area contributed by atoms with Crippen LogP contribution in [0.5, 0.6) is 0 Å². The van der Waals surface area contributed by atoms with Crippen LogP contribution in [0.1, 0.15) is 105 Å². The number of benzene rings is 2. The minimum atomic E-state index is -1.89. The average Bonchev–Trinajstić information content (AvgIpc) is 3.17. The minimum absolute atomic E-state index is 0. The van der Waals surface area contributed by atoms with Gasteiger partial charge in [-0.25, -0.2) is 0 Å². The third-order valence-corrected chi connectivity index (χ3v) is 17.5. The van der Waals surface area contributed by atoms with E-state index in [0.717, 1.165) is 7.25 Å². The van der Waals surface area contributed by atoms with Crippen molar-refractivity contribution < 1.29 is 48.0 Å². The number of rotatable bonds is 2. The third kappa shape index (κ3) is 3.69. The van der Waals surface area contributed by atoms with Gasteiger partial charge in [0, 0.05) is 0 Å². The van der Waals surface area contributed by atoms with Gasteiger partial charge in [-0.1, -0.05) is 0 Å². The van der Waals surface area contributed by atoms with Crippen molar-refractivity contribution in [2.24, 2.45) is 0 Å². The molecule has 2 aromatic rings. The number of halogens is 2. The van der Waals surface area contributed by atoms with Gasteiger partial charge in [0.05, 0.1) is 0 Å². The molecule has 2 unspecified atom stereocenters. The van der Waals surface area contributed by atoms with E-state index in [2.05, 4.69) is 92.7 Å². The van der Waals surface area contributed by atoms with Crippen LogP contribution < -0.4 is 24.8 Å². The van der Waals surface area contributed by atoms with Crippen molar-refractivity contribution in [1.82, 2.24) is 0 Å². The molecule has 2 aliphatic carbocycles. The van der Waals surface area contributed by atoms with Crippen LogP contribution in [-0.2, 0) is 23.2 Å². The molecule has 1 aliphatic heterocycles. The summed E-state index contributed by atoms with van der Waals surface area (Å²) in [6.45, 7) is 24.8. The second-order valence-electron chi connectivity index (χ2n) is 11.6. The van der Waals surface area contributed by atoms with E-state index < -0.39 is 31.3 Å². The Labute approximate surface area is 232 Å². The Hall–Kier alpha value is -0.400. The van der Waals surface area contributed by atoms with Gasteiger partial charge in [0.25, 0.3) is 0 Å². The van der Waals surface area contributed by atoms with E-state index in [0.29, 0.717) is 11.8 Å². The van der Waals surface area contributed by atoms with E-state index in [1.165, 1.54) is 0 Å². The molecule has 4 bridgehead atoms. The summed E-state index contributed by atoms with van der Waals surface area (Å²) in [4.78, 5) is 0. The van der Waals surface area contributed by atoms with Crippen molar-refractivity contribution >= 4 is 18.5 Å². The van der Waals surface area contributed by atoms with E-state index in [-0.39, 0.29) is 24.8 Å². The minimum Gasteiger partial charge on any atom is -1.00 e. The molecule has 0 amide bonds. The van der Waals surface area contributed by atoms with Crippen LogP contribution in [0.15, 0.2) is 35.4 Å². The number of allylic oxidation sites excluding steroid dienone is 2. The molecule has 2 atom stereocenters. The molecule has 4 heteroatoms. The first-order chi connectivity index (χ1) is 15.0. The van der Waals surface area contributed by atoms with Gasteiger partial charge >= 0.3 is 209 Å². The fourth-order valence-electron chi connectivity index (χ4n) is 7.18. The maximum atomic E-state index is 2.68. The molecule has 0 saturated carbocycles. The molecular formula is C30H38Cl2SiZr. The number of hydrogen-bond acceptors (Lipinski definition) is 0. The molecule has 1 heterocycles. The summed E-state index contributed by atoms with van der Waals surface area (Å²) in [5.74, 6) is 1.16. The van der Waals surface area contributed by atoms with Crippen molar-refractivity contribution in [1.29, 1.82) is 0 Å². The summed E-state index contributed by atoms with van der Waals surface area (Å²) in [7, 11) is -1.89. The van der Waals surface area contributed by atoms with Crippen LogP contribution in [0.4, 0.5) is 0 Å². The molecule has 0 spiro atoms. The largest absolute Gasteiger partial charge is 1.00 e. The van der Waals surface area contributed by atoms with E-state index in [9.17, 15) is 0 Å². The van der Waals surface area contributed by atoms with Gasteiger partial charge < -0.3 is 24.8 Å². The second kappa shape index (κ2) is 9.48. The zero-order valence-electron chi connectivity index (χ0n) is 22.4. The van der Waals surface area contributed by atoms with Crippen molar-refractivity contribution in [3.8, 4) is 0 Å². The predicted molar refractivity (Wildman–Crippen MR) is 139 cm³/mol. The number of fused-ring (bicyclic) bond motifs is 8. The fraction of sp³-hybridized carbons (Fsp3) is 0.467. The summed E-state index contributed by atoms with van der Waals surface area (Å²) < 4.78 is 1.48. The Morgan fingerprint density at radius 3 is 1.32 bits per heavy atom. The maximum Gasteiger partial charge on any atom is -1.00 e. The van der Waals surface area contributed by atoms with Crippen LogP contribution in [-0.4, -0.2) is 8.07 Å². The summed E-state index contributed by atoms with van der Waals surface area (Å²) in [5, 5.41) is 3.62. The first-order valence-corrected chi connectivity index (χ1v) is 18.3. The van der Waals surface area contributed by atoms with Gasteiger partial charge in [-0.2, -0.15) is 0 Å². The van der Waals surface area contributed by atoms with Gasteiger partial charge in [0.2, 0.25) is 0 Å². The molecule has 0 N–H and O–H groups in total. The Bertz CT molecular complexity index is 1140. The van der Waals surface area contributed by atoms with Crippen molar-refractivity contribution in [2.45, 2.75) is 87.6 Å². The summed E-state index contributed by atoms with van der Waals surface area (Å²) in [6, 6.07) is 9.78. The Morgan fingerprint density at radius 1 is 0.647 bits per heavy atom. The molecule has 180 valence electrons. The van der Waals surface area contributed by atoms with Crippen molar-refractivity contribution in [3.05, 3.63) is 79.9 Å². The van der Waals surface area contributed by atoms with Gasteiger partial charge in [-0.05, 0) is 0 Å². The van der Waals surface area contributed by atoms with E-state index in [4.69, 9.17) is 0 Å².